The molecule has 3 N–H and O–H groups in total. The fourth-order valence-corrected chi connectivity index (χ4v) is 1.72. The van der Waals surface area contributed by atoms with E-state index >= 15 is 0 Å². The molecule has 9 heteroatoms. The molecule has 0 aliphatic heterocycles. The summed E-state index contributed by atoms with van der Waals surface area (Å²) in [7, 11) is 4.94. The fraction of sp³-hybridized carbons (Fsp3) is 1.00. The highest BCUT2D eigenvalue weighted by molar-refractivity contribution is 7.46. The van der Waals surface area contributed by atoms with Crippen molar-refractivity contribution in [2.45, 2.75) is 12.2 Å². The average Bonchev–Trinajstić information content (AvgIpc) is 2.40. The Labute approximate surface area is 127 Å². The maximum atomic E-state index is 9.58. The lowest BCUT2D eigenvalue weighted by molar-refractivity contribution is -0.871. The van der Waals surface area contributed by atoms with Crippen molar-refractivity contribution in [1.82, 2.24) is 0 Å². The largest absolute Gasteiger partial charge is 0.394 e. The number of nitrogens with zero attached hydrogens (tertiary/aromatic N) is 1. The molecule has 0 aliphatic carbocycles. The molecular formula is C12H29NO7P+. The summed E-state index contributed by atoms with van der Waals surface area (Å²) in [5.74, 6) is 0. The van der Waals surface area contributed by atoms with E-state index in [1.54, 1.807) is 6.66 Å². The summed E-state index contributed by atoms with van der Waals surface area (Å²) in [5.41, 5.74) is 0. The SMILES string of the molecule is CP(OCC(O)COCC(O)CO)OOCC[N+](C)(C)C. The van der Waals surface area contributed by atoms with Crippen molar-refractivity contribution in [3.63, 3.8) is 0 Å². The van der Waals surface area contributed by atoms with Crippen molar-refractivity contribution >= 4 is 8.38 Å². The predicted molar refractivity (Wildman–Crippen MR) is 78.7 cm³/mol. The highest BCUT2D eigenvalue weighted by Crippen LogP contribution is 2.33. The number of likely N-dealkylation sites (N-methyl/N-ethyl adjacent to an activating group) is 1. The van der Waals surface area contributed by atoms with Gasteiger partial charge in [-0.2, -0.15) is 4.67 Å². The molecule has 0 radical (unpaired) electrons. The molecule has 21 heavy (non-hydrogen) atoms. The lowest BCUT2D eigenvalue weighted by atomic mass is 10.4. The van der Waals surface area contributed by atoms with Gasteiger partial charge in [0.1, 0.15) is 25.4 Å². The van der Waals surface area contributed by atoms with E-state index in [0.717, 1.165) is 11.0 Å². The lowest BCUT2D eigenvalue weighted by Crippen LogP contribution is -2.37. The Morgan fingerprint density at radius 2 is 1.67 bits per heavy atom. The van der Waals surface area contributed by atoms with Gasteiger partial charge in [-0.05, 0) is 0 Å². The van der Waals surface area contributed by atoms with Crippen LogP contribution in [-0.4, -0.2) is 99.4 Å². The minimum atomic E-state index is -1.23. The van der Waals surface area contributed by atoms with Gasteiger partial charge in [0.25, 0.3) is 0 Å². The molecule has 0 bridgehead atoms. The second kappa shape index (κ2) is 11.6. The van der Waals surface area contributed by atoms with Crippen LogP contribution in [0.15, 0.2) is 0 Å². The van der Waals surface area contributed by atoms with Crippen LogP contribution in [0.25, 0.3) is 0 Å². The number of hydrogen-bond acceptors (Lipinski definition) is 7. The zero-order valence-corrected chi connectivity index (χ0v) is 14.2. The van der Waals surface area contributed by atoms with E-state index in [1.165, 1.54) is 0 Å². The van der Waals surface area contributed by atoms with Crippen LogP contribution in [0, 0.1) is 0 Å². The van der Waals surface area contributed by atoms with Crippen LogP contribution in [-0.2, 0) is 18.8 Å². The topological polar surface area (TPSA) is 97.6 Å². The normalized spacial score (nSPS) is 16.7. The van der Waals surface area contributed by atoms with Crippen molar-refractivity contribution in [3.8, 4) is 0 Å². The van der Waals surface area contributed by atoms with Crippen molar-refractivity contribution in [2.75, 3.05) is 67.4 Å². The van der Waals surface area contributed by atoms with Crippen molar-refractivity contribution in [1.29, 1.82) is 0 Å². The Hall–Kier alpha value is 0.110. The minimum Gasteiger partial charge on any atom is -0.394 e. The smallest absolute Gasteiger partial charge is 0.205 e. The quantitative estimate of drug-likeness (QED) is 0.135. The molecule has 0 saturated carbocycles. The Bertz CT molecular complexity index is 252. The molecule has 0 aromatic rings. The van der Waals surface area contributed by atoms with E-state index in [4.69, 9.17) is 29.0 Å². The summed E-state index contributed by atoms with van der Waals surface area (Å²) in [6, 6.07) is 0. The first kappa shape index (κ1) is 21.1. The number of aliphatic hydroxyl groups excluding tert-OH is 3. The maximum Gasteiger partial charge on any atom is 0.205 e. The maximum absolute atomic E-state index is 9.58. The third kappa shape index (κ3) is 14.8. The summed E-state index contributed by atoms with van der Waals surface area (Å²) >= 11 is 0. The molecular weight excluding hydrogens is 301 g/mol. The van der Waals surface area contributed by atoms with Crippen LogP contribution < -0.4 is 0 Å². The molecule has 0 aliphatic rings. The van der Waals surface area contributed by atoms with Crippen molar-refractivity contribution < 1.29 is 38.6 Å². The Balaban J connectivity index is 3.52. The van der Waals surface area contributed by atoms with Crippen LogP contribution in [0.3, 0.4) is 0 Å². The van der Waals surface area contributed by atoms with E-state index in [1.807, 2.05) is 0 Å². The van der Waals surface area contributed by atoms with Gasteiger partial charge in [-0.25, -0.2) is 4.89 Å². The molecule has 0 aromatic carbocycles. The zero-order chi connectivity index (χ0) is 16.3. The van der Waals surface area contributed by atoms with Crippen LogP contribution in [0.2, 0.25) is 0 Å². The molecule has 0 aromatic heterocycles. The second-order valence-corrected chi connectivity index (χ2v) is 6.96. The molecule has 0 saturated heterocycles. The molecule has 128 valence electrons. The summed E-state index contributed by atoms with van der Waals surface area (Å²) in [4.78, 5) is 5.05. The molecule has 0 rings (SSSR count). The van der Waals surface area contributed by atoms with E-state index in [9.17, 15) is 5.11 Å². The summed E-state index contributed by atoms with van der Waals surface area (Å²) in [6.07, 6.45) is -1.75. The van der Waals surface area contributed by atoms with E-state index in [0.29, 0.717) is 6.61 Å². The van der Waals surface area contributed by atoms with Gasteiger partial charge in [0.05, 0.1) is 47.6 Å². The predicted octanol–water partition coefficient (Wildman–Crippen LogP) is -0.670. The third-order valence-electron chi connectivity index (χ3n) is 2.28. The number of quaternary nitrogens is 1. The highest BCUT2D eigenvalue weighted by atomic mass is 31.2. The summed E-state index contributed by atoms with van der Waals surface area (Å²) in [6.45, 7) is 2.67. The van der Waals surface area contributed by atoms with Gasteiger partial charge in [0, 0.05) is 6.66 Å². The Morgan fingerprint density at radius 3 is 2.24 bits per heavy atom. The lowest BCUT2D eigenvalue weighted by Gasteiger charge is -2.23. The first-order valence-electron chi connectivity index (χ1n) is 6.76. The van der Waals surface area contributed by atoms with E-state index in [2.05, 4.69) is 21.1 Å². The Morgan fingerprint density at radius 1 is 1.05 bits per heavy atom. The average molecular weight is 330 g/mol. The van der Waals surface area contributed by atoms with Crippen LogP contribution >= 0.6 is 8.38 Å². The second-order valence-electron chi connectivity index (χ2n) is 5.67. The van der Waals surface area contributed by atoms with Crippen LogP contribution in [0.5, 0.6) is 0 Å². The van der Waals surface area contributed by atoms with Gasteiger partial charge in [-0.15, -0.1) is 0 Å². The number of aliphatic hydroxyl groups is 3. The number of rotatable bonds is 13. The molecule has 0 fully saturated rings. The van der Waals surface area contributed by atoms with Gasteiger partial charge in [-0.1, -0.05) is 0 Å². The third-order valence-corrected chi connectivity index (χ3v) is 3.11. The highest BCUT2D eigenvalue weighted by Gasteiger charge is 2.12. The first-order valence-corrected chi connectivity index (χ1v) is 8.38. The monoisotopic (exact) mass is 330 g/mol. The molecule has 3 atom stereocenters. The summed E-state index contributed by atoms with van der Waals surface area (Å²) < 4.78 is 16.1. The number of hydrogen-bond donors (Lipinski definition) is 3. The van der Waals surface area contributed by atoms with Gasteiger partial charge in [0.2, 0.25) is 8.38 Å². The number of ether oxygens (including phenoxy) is 1. The van der Waals surface area contributed by atoms with Crippen molar-refractivity contribution in [2.24, 2.45) is 0 Å². The summed E-state index contributed by atoms with van der Waals surface area (Å²) in [5, 5.41) is 27.2. The Kier molecular flexibility index (Phi) is 11.7. The van der Waals surface area contributed by atoms with Gasteiger partial charge >= 0.3 is 0 Å². The van der Waals surface area contributed by atoms with Crippen LogP contribution in [0.1, 0.15) is 0 Å². The molecule has 0 heterocycles. The molecule has 0 amide bonds. The molecule has 8 nitrogen and oxygen atoms in total. The standard InChI is InChI=1S/C12H29NO7P/c1-13(2,3)5-6-18-20-21(4)19-10-12(16)9-17-8-11(15)7-14/h11-12,14-16H,5-10H2,1-4H3/q+1. The first-order chi connectivity index (χ1) is 9.74. The van der Waals surface area contributed by atoms with E-state index in [-0.39, 0.29) is 26.4 Å². The van der Waals surface area contributed by atoms with Crippen LogP contribution in [0.4, 0.5) is 0 Å². The van der Waals surface area contributed by atoms with Gasteiger partial charge in [-0.3, -0.25) is 0 Å². The van der Waals surface area contributed by atoms with Gasteiger partial charge < -0.3 is 29.1 Å². The molecule has 0 spiro atoms. The molecule has 3 unspecified atom stereocenters. The minimum absolute atomic E-state index is 0.0165. The zero-order valence-electron chi connectivity index (χ0n) is 13.3. The van der Waals surface area contributed by atoms with Gasteiger partial charge in [0.15, 0.2) is 0 Å². The van der Waals surface area contributed by atoms with Crippen molar-refractivity contribution in [3.05, 3.63) is 0 Å². The van der Waals surface area contributed by atoms with E-state index < -0.39 is 20.6 Å². The fourth-order valence-electron chi connectivity index (χ4n) is 1.08.